The molecular weight excluding hydrogens is 577 g/mol. The number of hydrogen-bond acceptors (Lipinski definition) is 5. The zero-order valence-corrected chi connectivity index (χ0v) is 23.2. The molecule has 5 rings (SSSR count). The molecule has 4 heterocycles. The number of alkyl halides is 2. The van der Waals surface area contributed by atoms with Crippen molar-refractivity contribution >= 4 is 6.41 Å². The van der Waals surface area contributed by atoms with Crippen LogP contribution in [0.2, 0.25) is 0 Å². The number of carbonyl (C=O) groups is 1. The molecule has 1 aromatic rings. The van der Waals surface area contributed by atoms with E-state index in [9.17, 15) is 13.6 Å². The zero-order valence-electron chi connectivity index (χ0n) is 21.1. The number of piperidine rings is 1. The van der Waals surface area contributed by atoms with Gasteiger partial charge in [0.2, 0.25) is 0 Å². The summed E-state index contributed by atoms with van der Waals surface area (Å²) < 4.78 is 34.3. The maximum absolute atomic E-state index is 14.5. The Kier molecular flexibility index (Phi) is 7.71. The summed E-state index contributed by atoms with van der Waals surface area (Å²) in [5, 5.41) is 11.5. The molecule has 2 N–H and O–H groups in total. The Hall–Kier alpha value is -1.95. The van der Waals surface area contributed by atoms with Crippen LogP contribution in [-0.2, 0) is 17.3 Å². The fourth-order valence-corrected chi connectivity index (χ4v) is 9.13. The molecule has 1 saturated heterocycles. The molecule has 1 amide bonds. The van der Waals surface area contributed by atoms with Gasteiger partial charge in [-0.3, -0.25) is 0 Å². The van der Waals surface area contributed by atoms with Crippen molar-refractivity contribution < 1.29 is 35.1 Å². The molecule has 0 spiro atoms. The fraction of sp³-hybridized carbons (Fsp3) is 0.615. The van der Waals surface area contributed by atoms with Gasteiger partial charge in [0.25, 0.3) is 0 Å². The van der Waals surface area contributed by atoms with Crippen molar-refractivity contribution in [2.45, 2.75) is 63.3 Å². The fourth-order valence-electron chi connectivity index (χ4n) is 5.80. The first-order valence-corrected chi connectivity index (χ1v) is 14.9. The Bertz CT molecular complexity index is 1080. The van der Waals surface area contributed by atoms with Gasteiger partial charge in [-0.15, -0.1) is 0 Å². The Balaban J connectivity index is 1.44. The molecule has 0 bridgehead atoms. The van der Waals surface area contributed by atoms with E-state index in [-0.39, 0.29) is 5.57 Å². The standard InChI is InChI=1S/C26H36F2IN6O/c1-26(19-14-31-33(2)15-19)13-18-4-3-10-35(24(18)12-21(26)25(27)28)29-22-16-34(17-36)11-7-23(22)32-20-5-8-30-9-6-20/h12,14-15,17,20,25,30,32H,3-11,13,16H2,1-2H3/q-1. The number of amides is 1. The van der Waals surface area contributed by atoms with E-state index in [0.29, 0.717) is 19.0 Å². The SMILES string of the molecule is Cn1cc(C2(C)CC3=C(C=C2C(F)F)N([I-]C2=C(NC4CCNCC4)CCN(C=O)C2)CCC3)cn1. The van der Waals surface area contributed by atoms with Gasteiger partial charge in [-0.2, -0.15) is 0 Å². The van der Waals surface area contributed by atoms with Gasteiger partial charge in [-0.1, -0.05) is 0 Å². The van der Waals surface area contributed by atoms with E-state index in [1.807, 2.05) is 25.1 Å². The van der Waals surface area contributed by atoms with Crippen LogP contribution >= 0.6 is 0 Å². The van der Waals surface area contributed by atoms with Gasteiger partial charge < -0.3 is 0 Å². The van der Waals surface area contributed by atoms with Crippen molar-refractivity contribution in [2.24, 2.45) is 7.05 Å². The molecule has 0 aromatic carbocycles. The van der Waals surface area contributed by atoms with Crippen LogP contribution in [-0.4, -0.2) is 69.4 Å². The Morgan fingerprint density at radius 3 is 2.78 bits per heavy atom. The molecule has 1 aliphatic carbocycles. The van der Waals surface area contributed by atoms with Gasteiger partial charge in [-0.25, -0.2) is 0 Å². The number of rotatable bonds is 7. The first-order valence-electron chi connectivity index (χ1n) is 12.9. The monoisotopic (exact) mass is 613 g/mol. The van der Waals surface area contributed by atoms with Crippen LogP contribution < -0.4 is 32.1 Å². The Morgan fingerprint density at radius 2 is 2.08 bits per heavy atom. The molecule has 1 fully saturated rings. The van der Waals surface area contributed by atoms with Crippen molar-refractivity contribution in [2.75, 3.05) is 32.7 Å². The van der Waals surface area contributed by atoms with E-state index in [4.69, 9.17) is 0 Å². The van der Waals surface area contributed by atoms with E-state index >= 15 is 0 Å². The first-order chi connectivity index (χ1) is 17.4. The van der Waals surface area contributed by atoms with Gasteiger partial charge in [0.1, 0.15) is 0 Å². The van der Waals surface area contributed by atoms with Crippen molar-refractivity contribution in [3.63, 3.8) is 0 Å². The summed E-state index contributed by atoms with van der Waals surface area (Å²) in [6.45, 7) is 6.24. The summed E-state index contributed by atoms with van der Waals surface area (Å²) in [7, 11) is 1.83. The predicted octanol–water partition coefficient (Wildman–Crippen LogP) is 0.0422. The van der Waals surface area contributed by atoms with E-state index in [1.54, 1.807) is 17.0 Å². The van der Waals surface area contributed by atoms with Crippen molar-refractivity contribution in [1.29, 1.82) is 0 Å². The van der Waals surface area contributed by atoms with Crippen LogP contribution in [0.15, 0.2) is 44.6 Å². The normalized spacial score (nSPS) is 26.0. The number of aryl methyl sites for hydroxylation is 1. The van der Waals surface area contributed by atoms with Crippen LogP contribution in [0.5, 0.6) is 0 Å². The minimum atomic E-state index is -2.53. The molecule has 4 aliphatic rings. The van der Waals surface area contributed by atoms with Crippen LogP contribution in [0, 0.1) is 0 Å². The van der Waals surface area contributed by atoms with Crippen molar-refractivity contribution in [3.05, 3.63) is 50.2 Å². The summed E-state index contributed by atoms with van der Waals surface area (Å²) in [5.41, 5.74) is 3.85. The number of aromatic nitrogens is 2. The van der Waals surface area contributed by atoms with Crippen molar-refractivity contribution in [3.8, 4) is 0 Å². The summed E-state index contributed by atoms with van der Waals surface area (Å²) in [6.07, 6.45) is 9.42. The molecule has 10 heteroatoms. The average molecular weight is 614 g/mol. The molecule has 36 heavy (non-hydrogen) atoms. The second kappa shape index (κ2) is 10.8. The van der Waals surface area contributed by atoms with Gasteiger partial charge in [0, 0.05) is 0 Å². The summed E-state index contributed by atoms with van der Waals surface area (Å²) in [4.78, 5) is 13.5. The van der Waals surface area contributed by atoms with Crippen LogP contribution in [0.1, 0.15) is 51.0 Å². The third-order valence-electron chi connectivity index (χ3n) is 7.92. The number of hydrogen-bond donors (Lipinski definition) is 2. The van der Waals surface area contributed by atoms with Gasteiger partial charge in [0.05, 0.1) is 0 Å². The maximum atomic E-state index is 14.5. The number of nitrogens with zero attached hydrogens (tertiary/aromatic N) is 4. The van der Waals surface area contributed by atoms with Crippen LogP contribution in [0.3, 0.4) is 0 Å². The summed E-state index contributed by atoms with van der Waals surface area (Å²) in [6, 6.07) is 0.458. The number of carbonyl (C=O) groups excluding carboxylic acids is 1. The minimum absolute atomic E-state index is 0.186. The van der Waals surface area contributed by atoms with E-state index in [0.717, 1.165) is 76.0 Å². The van der Waals surface area contributed by atoms with E-state index in [2.05, 4.69) is 18.8 Å². The molecule has 1 aromatic heterocycles. The summed E-state index contributed by atoms with van der Waals surface area (Å²) in [5.74, 6) is 0. The van der Waals surface area contributed by atoms with Crippen molar-refractivity contribution in [1.82, 2.24) is 28.4 Å². The second-order valence-electron chi connectivity index (χ2n) is 10.5. The quantitative estimate of drug-likeness (QED) is 0.259. The molecule has 198 valence electrons. The molecule has 1 atom stereocenters. The zero-order chi connectivity index (χ0) is 25.3. The number of allylic oxidation sites excluding steroid dienone is 3. The third kappa shape index (κ3) is 5.20. The number of halogens is 3. The molecular formula is C26H36F2IN6O-. The molecule has 3 aliphatic heterocycles. The third-order valence-corrected chi connectivity index (χ3v) is 11.1. The first kappa shape index (κ1) is 25.7. The Morgan fingerprint density at radius 1 is 1.28 bits per heavy atom. The molecule has 1 unspecified atom stereocenters. The molecule has 7 nitrogen and oxygen atoms in total. The average Bonchev–Trinajstić information content (AvgIpc) is 3.32. The van der Waals surface area contributed by atoms with Gasteiger partial charge in [-0.05, 0) is 0 Å². The Labute approximate surface area is 222 Å². The second-order valence-corrected chi connectivity index (χ2v) is 13.4. The van der Waals surface area contributed by atoms with E-state index in [1.165, 1.54) is 14.8 Å². The van der Waals surface area contributed by atoms with Crippen LogP contribution in [0.25, 0.3) is 0 Å². The predicted molar refractivity (Wildman–Crippen MR) is 131 cm³/mol. The summed E-state index contributed by atoms with van der Waals surface area (Å²) >= 11 is -0.617. The van der Waals surface area contributed by atoms with Gasteiger partial charge >= 0.3 is 223 Å². The van der Waals surface area contributed by atoms with Gasteiger partial charge in [0.15, 0.2) is 0 Å². The van der Waals surface area contributed by atoms with E-state index < -0.39 is 33.3 Å². The number of nitrogens with one attached hydrogen (secondary N) is 2. The molecule has 0 saturated carbocycles. The molecule has 0 radical (unpaired) electrons. The van der Waals surface area contributed by atoms with Crippen LogP contribution in [0.4, 0.5) is 8.78 Å². The topological polar surface area (TPSA) is 65.4 Å².